The molecule has 1 rings (SSSR count). The third kappa shape index (κ3) is 9.38. The molecule has 17 heavy (non-hydrogen) atoms. The van der Waals surface area contributed by atoms with Crippen LogP contribution in [0.1, 0.15) is 0 Å². The van der Waals surface area contributed by atoms with E-state index in [2.05, 4.69) is 4.74 Å². The number of carbonyl (C=O) groups is 1. The maximum Gasteiger partial charge on any atom is 0.409 e. The Hall–Kier alpha value is -1.55. The van der Waals surface area contributed by atoms with E-state index in [1.807, 2.05) is 0 Å². The monoisotopic (exact) mass is 284 g/mol. The van der Waals surface area contributed by atoms with E-state index in [0.717, 1.165) is 0 Å². The highest BCUT2D eigenvalue weighted by Crippen LogP contribution is 2.24. The van der Waals surface area contributed by atoms with Crippen molar-refractivity contribution < 1.29 is 27.1 Å². The van der Waals surface area contributed by atoms with Gasteiger partial charge in [0.25, 0.3) is 0 Å². The normalized spacial score (nSPS) is 10.1. The molecule has 96 valence electrons. The van der Waals surface area contributed by atoms with Crippen molar-refractivity contribution in [3.05, 3.63) is 18.2 Å². The van der Waals surface area contributed by atoms with Gasteiger partial charge in [0.05, 0.1) is 5.69 Å². The molecule has 0 bridgehead atoms. The van der Waals surface area contributed by atoms with Crippen molar-refractivity contribution in [2.75, 3.05) is 11.5 Å². The summed E-state index contributed by atoms with van der Waals surface area (Å²) in [5, 5.41) is 0. The third-order valence-corrected chi connectivity index (χ3v) is 1.30. The standard InChI is InChI=1S/C7H7ClN2O2.H2O4S/c8-7(11)12-6-3-4(9)1-2-5(6)10;1-5(2,3)4/h1-3H,9-10H2;(H2,1,2,3,4). The molecule has 0 saturated carbocycles. The van der Waals surface area contributed by atoms with Crippen LogP contribution in [0, 0.1) is 0 Å². The molecule has 1 aromatic rings. The summed E-state index contributed by atoms with van der Waals surface area (Å²) in [6, 6.07) is 4.56. The lowest BCUT2D eigenvalue weighted by atomic mass is 10.3. The summed E-state index contributed by atoms with van der Waals surface area (Å²) in [7, 11) is -4.67. The lowest BCUT2D eigenvalue weighted by Crippen LogP contribution is -2.00. The predicted octanol–water partition coefficient (Wildman–Crippen LogP) is 0.936. The molecule has 8 nitrogen and oxygen atoms in total. The van der Waals surface area contributed by atoms with Crippen LogP contribution >= 0.6 is 11.6 Å². The second-order valence-electron chi connectivity index (χ2n) is 2.58. The summed E-state index contributed by atoms with van der Waals surface area (Å²) in [6.07, 6.45) is 0. The van der Waals surface area contributed by atoms with Crippen molar-refractivity contribution in [2.24, 2.45) is 0 Å². The zero-order valence-electron chi connectivity index (χ0n) is 8.20. The molecular weight excluding hydrogens is 276 g/mol. The van der Waals surface area contributed by atoms with E-state index in [9.17, 15) is 4.79 Å². The van der Waals surface area contributed by atoms with Crippen LogP contribution in [-0.4, -0.2) is 23.0 Å². The number of nitrogens with two attached hydrogens (primary N) is 2. The van der Waals surface area contributed by atoms with E-state index in [0.29, 0.717) is 11.4 Å². The first-order chi connectivity index (χ1) is 7.59. The summed E-state index contributed by atoms with van der Waals surface area (Å²) >= 11 is 4.98. The highest BCUT2D eigenvalue weighted by Gasteiger charge is 2.04. The van der Waals surface area contributed by atoms with Gasteiger partial charge < -0.3 is 16.2 Å². The van der Waals surface area contributed by atoms with E-state index in [-0.39, 0.29) is 5.75 Å². The molecule has 10 heteroatoms. The van der Waals surface area contributed by atoms with Crippen LogP contribution in [0.25, 0.3) is 0 Å². The Bertz CT molecular complexity index is 495. The van der Waals surface area contributed by atoms with Gasteiger partial charge in [-0.2, -0.15) is 8.42 Å². The van der Waals surface area contributed by atoms with Crippen molar-refractivity contribution in [2.45, 2.75) is 0 Å². The fourth-order valence-corrected chi connectivity index (χ4v) is 0.809. The molecule has 0 radical (unpaired) electrons. The van der Waals surface area contributed by atoms with Gasteiger partial charge in [-0.25, -0.2) is 4.79 Å². The van der Waals surface area contributed by atoms with Crippen LogP contribution in [0.15, 0.2) is 18.2 Å². The van der Waals surface area contributed by atoms with Crippen molar-refractivity contribution in [1.29, 1.82) is 0 Å². The average Bonchev–Trinajstić information content (AvgIpc) is 2.07. The summed E-state index contributed by atoms with van der Waals surface area (Å²) < 4.78 is 36.1. The van der Waals surface area contributed by atoms with E-state index >= 15 is 0 Å². The van der Waals surface area contributed by atoms with E-state index < -0.39 is 15.8 Å². The van der Waals surface area contributed by atoms with Crippen molar-refractivity contribution in [3.63, 3.8) is 0 Å². The van der Waals surface area contributed by atoms with E-state index in [1.165, 1.54) is 12.1 Å². The minimum atomic E-state index is -4.67. The van der Waals surface area contributed by atoms with Gasteiger partial charge in [-0.3, -0.25) is 9.11 Å². The molecule has 0 saturated heterocycles. The van der Waals surface area contributed by atoms with Gasteiger partial charge in [-0.1, -0.05) is 0 Å². The average molecular weight is 285 g/mol. The molecule has 6 N–H and O–H groups in total. The molecule has 1 aromatic carbocycles. The first-order valence-electron chi connectivity index (χ1n) is 3.82. The zero-order chi connectivity index (χ0) is 13.6. The molecule has 0 heterocycles. The Morgan fingerprint density at radius 2 is 1.76 bits per heavy atom. The van der Waals surface area contributed by atoms with Crippen LogP contribution in [0.4, 0.5) is 16.2 Å². The first-order valence-corrected chi connectivity index (χ1v) is 5.59. The zero-order valence-corrected chi connectivity index (χ0v) is 9.77. The molecule has 0 atom stereocenters. The Balaban J connectivity index is 0.000000437. The minimum absolute atomic E-state index is 0.176. The number of nitrogen functional groups attached to an aromatic ring is 2. The summed E-state index contributed by atoms with van der Waals surface area (Å²) in [6.45, 7) is 0. The third-order valence-electron chi connectivity index (χ3n) is 1.23. The molecule has 0 spiro atoms. The Morgan fingerprint density at radius 1 is 1.29 bits per heavy atom. The van der Waals surface area contributed by atoms with Crippen molar-refractivity contribution in [3.8, 4) is 5.75 Å². The number of hydrogen-bond acceptors (Lipinski definition) is 6. The number of benzene rings is 1. The van der Waals surface area contributed by atoms with Gasteiger partial charge in [-0.15, -0.1) is 0 Å². The number of hydrogen-bond donors (Lipinski definition) is 4. The lowest BCUT2D eigenvalue weighted by Gasteiger charge is -2.03. The topological polar surface area (TPSA) is 153 Å². The van der Waals surface area contributed by atoms with Gasteiger partial charge in [-0.05, 0) is 12.1 Å². The number of halogens is 1. The second-order valence-corrected chi connectivity index (χ2v) is 3.79. The number of carbonyl (C=O) groups excluding carboxylic acids is 1. The van der Waals surface area contributed by atoms with Gasteiger partial charge in [0.15, 0.2) is 5.75 Å². The summed E-state index contributed by atoms with van der Waals surface area (Å²) in [5.41, 5.74) is 10.7. The van der Waals surface area contributed by atoms with E-state index in [4.69, 9.17) is 40.6 Å². The highest BCUT2D eigenvalue weighted by atomic mass is 35.5. The van der Waals surface area contributed by atoms with Crippen molar-refractivity contribution >= 4 is 38.8 Å². The maximum atomic E-state index is 10.3. The van der Waals surface area contributed by atoms with Gasteiger partial charge in [0.1, 0.15) is 0 Å². The number of rotatable bonds is 1. The molecule has 0 aliphatic rings. The summed E-state index contributed by atoms with van der Waals surface area (Å²) in [5.74, 6) is 0.176. The molecule has 0 aliphatic heterocycles. The largest absolute Gasteiger partial charge is 0.412 e. The number of ether oxygens (including phenoxy) is 1. The predicted molar refractivity (Wildman–Crippen MR) is 61.3 cm³/mol. The maximum absolute atomic E-state index is 10.3. The quantitative estimate of drug-likeness (QED) is 0.337. The van der Waals surface area contributed by atoms with Crippen molar-refractivity contribution in [1.82, 2.24) is 0 Å². The fourth-order valence-electron chi connectivity index (χ4n) is 0.726. The Labute approximate surface area is 102 Å². The number of anilines is 2. The summed E-state index contributed by atoms with van der Waals surface area (Å²) in [4.78, 5) is 10.3. The Morgan fingerprint density at radius 3 is 2.18 bits per heavy atom. The van der Waals surface area contributed by atoms with Crippen LogP contribution in [0.5, 0.6) is 5.75 Å². The second kappa shape index (κ2) is 6.25. The molecule has 0 amide bonds. The molecular formula is C7H9ClN2O6S. The highest BCUT2D eigenvalue weighted by molar-refractivity contribution is 7.79. The van der Waals surface area contributed by atoms with Crippen LogP contribution < -0.4 is 16.2 Å². The van der Waals surface area contributed by atoms with Crippen LogP contribution in [0.2, 0.25) is 0 Å². The molecule has 0 unspecified atom stereocenters. The molecule has 0 aliphatic carbocycles. The van der Waals surface area contributed by atoms with Crippen LogP contribution in [-0.2, 0) is 10.4 Å². The molecule has 0 aromatic heterocycles. The first kappa shape index (κ1) is 15.4. The SMILES string of the molecule is Nc1ccc(N)c(OC(=O)Cl)c1.O=S(=O)(O)O. The minimum Gasteiger partial charge on any atom is -0.412 e. The lowest BCUT2D eigenvalue weighted by molar-refractivity contribution is 0.226. The van der Waals surface area contributed by atoms with Crippen LogP contribution in [0.3, 0.4) is 0 Å². The molecule has 0 fully saturated rings. The van der Waals surface area contributed by atoms with E-state index in [1.54, 1.807) is 6.07 Å². The van der Waals surface area contributed by atoms with Gasteiger partial charge in [0, 0.05) is 23.4 Å². The fraction of sp³-hybridized carbons (Fsp3) is 0. The van der Waals surface area contributed by atoms with Gasteiger partial charge >= 0.3 is 15.8 Å². The smallest absolute Gasteiger partial charge is 0.409 e. The van der Waals surface area contributed by atoms with Gasteiger partial charge in [0.2, 0.25) is 0 Å². The Kier molecular flexibility index (Phi) is 5.68.